The molecule has 0 saturated carbocycles. The fourth-order valence-corrected chi connectivity index (χ4v) is 5.29. The Morgan fingerprint density at radius 1 is 0.750 bits per heavy atom. The van der Waals surface area contributed by atoms with Gasteiger partial charge in [0.2, 0.25) is 11.8 Å². The molecule has 12 heteroatoms. The number of nitrogens with one attached hydrogen (secondary N) is 3. The molecule has 0 bridgehead atoms. The maximum Gasteiger partial charge on any atom is 0.407 e. The molecule has 0 aromatic heterocycles. The van der Waals surface area contributed by atoms with E-state index in [0.29, 0.717) is 0 Å². The van der Waals surface area contributed by atoms with Crippen molar-refractivity contribution in [3.63, 3.8) is 0 Å². The van der Waals surface area contributed by atoms with E-state index in [-0.39, 0.29) is 31.5 Å². The van der Waals surface area contributed by atoms with Gasteiger partial charge in [-0.2, -0.15) is 0 Å². The highest BCUT2D eigenvalue weighted by Gasteiger charge is 2.35. The van der Waals surface area contributed by atoms with Gasteiger partial charge in [0.15, 0.2) is 6.04 Å². The monoisotopic (exact) mass is 667 g/mol. The Labute approximate surface area is 282 Å². The zero-order valence-electron chi connectivity index (χ0n) is 29.0. The average Bonchev–Trinajstić information content (AvgIpc) is 3.29. The van der Waals surface area contributed by atoms with Crippen molar-refractivity contribution in [3.05, 3.63) is 59.7 Å². The number of ether oxygens (including phenoxy) is 3. The maximum absolute atomic E-state index is 13.5. The zero-order valence-corrected chi connectivity index (χ0v) is 29.0. The molecule has 0 aliphatic heterocycles. The average molecular weight is 668 g/mol. The Morgan fingerprint density at radius 2 is 1.27 bits per heavy atom. The molecule has 2 aromatic carbocycles. The molecule has 12 nitrogen and oxygen atoms in total. The number of fused-ring (bicyclic) bond motifs is 3. The van der Waals surface area contributed by atoms with Crippen LogP contribution in [-0.2, 0) is 33.4 Å². The molecule has 3 amide bonds. The van der Waals surface area contributed by atoms with E-state index in [1.165, 1.54) is 0 Å². The van der Waals surface area contributed by atoms with Gasteiger partial charge in [0.05, 0.1) is 18.6 Å². The molecular weight excluding hydrogens is 618 g/mol. The summed E-state index contributed by atoms with van der Waals surface area (Å²) < 4.78 is 16.8. The number of alkyl carbamates (subject to hydrolysis) is 1. The van der Waals surface area contributed by atoms with Crippen LogP contribution in [0.1, 0.15) is 85.3 Å². The van der Waals surface area contributed by atoms with E-state index in [2.05, 4.69) is 16.0 Å². The van der Waals surface area contributed by atoms with E-state index >= 15 is 0 Å². The summed E-state index contributed by atoms with van der Waals surface area (Å²) in [6, 6.07) is 11.8. The third-order valence-corrected chi connectivity index (χ3v) is 7.36. The van der Waals surface area contributed by atoms with Crippen molar-refractivity contribution in [2.24, 2.45) is 5.92 Å². The van der Waals surface area contributed by atoms with Gasteiger partial charge in [-0.25, -0.2) is 9.59 Å². The van der Waals surface area contributed by atoms with Gasteiger partial charge in [0.25, 0.3) is 0 Å². The zero-order chi connectivity index (χ0) is 35.8. The first-order valence-corrected chi connectivity index (χ1v) is 16.2. The Kier molecular flexibility index (Phi) is 12.7. The Morgan fingerprint density at radius 3 is 1.77 bits per heavy atom. The van der Waals surface area contributed by atoms with Gasteiger partial charge >= 0.3 is 18.0 Å². The molecule has 262 valence electrons. The minimum atomic E-state index is -1.58. The smallest absolute Gasteiger partial charge is 0.407 e. The molecule has 0 heterocycles. The lowest BCUT2D eigenvalue weighted by Gasteiger charge is -2.29. The van der Waals surface area contributed by atoms with Gasteiger partial charge < -0.3 is 35.3 Å². The molecule has 4 N–H and O–H groups in total. The summed E-state index contributed by atoms with van der Waals surface area (Å²) in [5, 5.41) is 17.1. The normalized spacial score (nSPS) is 14.6. The summed E-state index contributed by atoms with van der Waals surface area (Å²) in [6.45, 7) is 13.8. The lowest BCUT2D eigenvalue weighted by Crippen LogP contribution is -2.57. The van der Waals surface area contributed by atoms with Crippen LogP contribution >= 0.6 is 0 Å². The number of carbonyl (C=O) groups is 5. The topological polar surface area (TPSA) is 169 Å². The van der Waals surface area contributed by atoms with Crippen LogP contribution in [0.5, 0.6) is 0 Å². The molecule has 2 aromatic rings. The Bertz CT molecular complexity index is 1430. The van der Waals surface area contributed by atoms with Crippen molar-refractivity contribution in [1.82, 2.24) is 16.0 Å². The summed E-state index contributed by atoms with van der Waals surface area (Å²) in [5.41, 5.74) is 2.67. The van der Waals surface area contributed by atoms with Gasteiger partial charge in [0.1, 0.15) is 24.3 Å². The van der Waals surface area contributed by atoms with Gasteiger partial charge in [-0.15, -0.1) is 0 Å². The number of carboxylic acid groups (broad SMARTS) is 1. The minimum absolute atomic E-state index is 0.0304. The predicted molar refractivity (Wildman–Crippen MR) is 179 cm³/mol. The number of amides is 3. The summed E-state index contributed by atoms with van der Waals surface area (Å²) in [4.78, 5) is 64.6. The van der Waals surface area contributed by atoms with Crippen LogP contribution in [0.4, 0.5) is 4.79 Å². The van der Waals surface area contributed by atoms with Crippen molar-refractivity contribution < 1.29 is 43.3 Å². The van der Waals surface area contributed by atoms with Crippen molar-refractivity contribution in [1.29, 1.82) is 0 Å². The van der Waals surface area contributed by atoms with E-state index in [9.17, 15) is 29.1 Å². The number of esters is 1. The largest absolute Gasteiger partial charge is 0.481 e. The van der Waals surface area contributed by atoms with Crippen molar-refractivity contribution in [3.8, 4) is 11.1 Å². The SMILES string of the molecule is CC(C)C[C@H](NC(=O)OCC1c2ccccc2-c2ccccc21)C(=O)N[C@@H](CC(=O)O)C(=O)N[C@@H](COC(C)(C)C)C(=O)OC(C)(C)C. The highest BCUT2D eigenvalue weighted by atomic mass is 16.6. The van der Waals surface area contributed by atoms with E-state index in [1.54, 1.807) is 41.5 Å². The quantitative estimate of drug-likeness (QED) is 0.211. The summed E-state index contributed by atoms with van der Waals surface area (Å²) in [7, 11) is 0. The van der Waals surface area contributed by atoms with Crippen molar-refractivity contribution in [2.45, 2.75) is 103 Å². The van der Waals surface area contributed by atoms with E-state index in [4.69, 9.17) is 14.2 Å². The van der Waals surface area contributed by atoms with Crippen LogP contribution in [0, 0.1) is 5.92 Å². The van der Waals surface area contributed by atoms with E-state index in [0.717, 1.165) is 22.3 Å². The first-order valence-electron chi connectivity index (χ1n) is 16.2. The van der Waals surface area contributed by atoms with Crippen LogP contribution in [0.25, 0.3) is 11.1 Å². The second kappa shape index (κ2) is 16.1. The van der Waals surface area contributed by atoms with Crippen LogP contribution in [0.3, 0.4) is 0 Å². The lowest BCUT2D eigenvalue weighted by molar-refractivity contribution is -0.162. The summed E-state index contributed by atoms with van der Waals surface area (Å²) in [5.74, 6) is -4.10. The Balaban J connectivity index is 1.72. The Hall–Kier alpha value is -4.45. The fraction of sp³-hybridized carbons (Fsp3) is 0.528. The molecule has 3 atom stereocenters. The predicted octanol–water partition coefficient (Wildman–Crippen LogP) is 4.54. The fourth-order valence-electron chi connectivity index (χ4n) is 5.29. The van der Waals surface area contributed by atoms with Gasteiger partial charge in [0, 0.05) is 5.92 Å². The molecule has 3 rings (SSSR count). The molecule has 0 unspecified atom stereocenters. The molecule has 1 aliphatic rings. The first-order chi connectivity index (χ1) is 22.3. The van der Waals surface area contributed by atoms with Crippen LogP contribution in [0.15, 0.2) is 48.5 Å². The van der Waals surface area contributed by atoms with E-state index < -0.39 is 65.6 Å². The number of benzene rings is 2. The van der Waals surface area contributed by atoms with Crippen LogP contribution in [0.2, 0.25) is 0 Å². The third-order valence-electron chi connectivity index (χ3n) is 7.36. The minimum Gasteiger partial charge on any atom is -0.481 e. The molecule has 0 fully saturated rings. The maximum atomic E-state index is 13.5. The second-order valence-corrected chi connectivity index (χ2v) is 14.3. The third kappa shape index (κ3) is 11.4. The lowest BCUT2D eigenvalue weighted by atomic mass is 9.98. The van der Waals surface area contributed by atoms with Crippen molar-refractivity contribution >= 4 is 29.8 Å². The van der Waals surface area contributed by atoms with Crippen molar-refractivity contribution in [2.75, 3.05) is 13.2 Å². The van der Waals surface area contributed by atoms with Crippen LogP contribution < -0.4 is 16.0 Å². The molecule has 0 saturated heterocycles. The molecule has 0 spiro atoms. The molecule has 1 aliphatic carbocycles. The number of carbonyl (C=O) groups excluding carboxylic acids is 4. The number of hydrogen-bond acceptors (Lipinski definition) is 8. The van der Waals surface area contributed by atoms with Gasteiger partial charge in [-0.3, -0.25) is 14.4 Å². The molecule has 48 heavy (non-hydrogen) atoms. The molecular formula is C36H49N3O9. The standard InChI is InChI=1S/C36H49N3O9/c1-21(2)17-27(39-34(45)46-19-26-24-15-11-9-13-22(24)23-14-10-12-16-25(23)26)31(42)37-28(18-30(40)41)32(43)38-29(20-47-35(3,4)5)33(44)48-36(6,7)8/h9-16,21,26-29H,17-20H2,1-8H3,(H,37,42)(H,38,43)(H,39,45)(H,40,41)/t27-,28-,29-/m0/s1. The van der Waals surface area contributed by atoms with Crippen LogP contribution in [-0.4, -0.2) is 77.5 Å². The number of aliphatic carboxylic acids is 1. The summed E-state index contributed by atoms with van der Waals surface area (Å²) >= 11 is 0. The van der Waals surface area contributed by atoms with Gasteiger partial charge in [-0.05, 0) is 76.1 Å². The van der Waals surface area contributed by atoms with E-state index in [1.807, 2.05) is 62.4 Å². The molecule has 0 radical (unpaired) electrons. The highest BCUT2D eigenvalue weighted by Crippen LogP contribution is 2.44. The van der Waals surface area contributed by atoms with Gasteiger partial charge in [-0.1, -0.05) is 62.4 Å². The highest BCUT2D eigenvalue weighted by molar-refractivity contribution is 5.95. The number of carboxylic acids is 1. The second-order valence-electron chi connectivity index (χ2n) is 14.3. The number of rotatable bonds is 14. The first kappa shape index (κ1) is 38.0. The number of hydrogen-bond donors (Lipinski definition) is 4. The summed E-state index contributed by atoms with van der Waals surface area (Å²) in [6.07, 6.45) is -1.43.